The van der Waals surface area contributed by atoms with Crippen molar-refractivity contribution in [2.75, 3.05) is 25.6 Å². The highest BCUT2D eigenvalue weighted by atomic mass is 35.5. The third kappa shape index (κ3) is 3.33. The number of hydrogen-bond acceptors (Lipinski definition) is 3. The van der Waals surface area contributed by atoms with E-state index in [0.29, 0.717) is 19.0 Å². The molecule has 0 aromatic rings. The van der Waals surface area contributed by atoms with Crippen molar-refractivity contribution < 1.29 is 14.6 Å². The van der Waals surface area contributed by atoms with Crippen LogP contribution in [0.25, 0.3) is 0 Å². The zero-order valence-corrected chi connectivity index (χ0v) is 9.91. The van der Waals surface area contributed by atoms with E-state index in [0.717, 1.165) is 0 Å². The average molecular weight is 236 g/mol. The van der Waals surface area contributed by atoms with E-state index in [1.165, 1.54) is 0 Å². The van der Waals surface area contributed by atoms with Crippen molar-refractivity contribution in [1.82, 2.24) is 4.90 Å². The summed E-state index contributed by atoms with van der Waals surface area (Å²) in [5.41, 5.74) is 0. The first-order chi connectivity index (χ1) is 7.08. The highest BCUT2D eigenvalue weighted by Crippen LogP contribution is 2.14. The van der Waals surface area contributed by atoms with E-state index in [2.05, 4.69) is 0 Å². The minimum absolute atomic E-state index is 0.0256. The third-order valence-corrected chi connectivity index (χ3v) is 2.96. The fourth-order valence-electron chi connectivity index (χ4n) is 1.70. The van der Waals surface area contributed by atoms with Gasteiger partial charge in [0.15, 0.2) is 0 Å². The predicted molar refractivity (Wildman–Crippen MR) is 57.9 cm³/mol. The van der Waals surface area contributed by atoms with Crippen molar-refractivity contribution in [3.63, 3.8) is 0 Å². The molecule has 5 heteroatoms. The molecule has 1 rings (SSSR count). The molecule has 1 saturated heterocycles. The molecule has 0 aromatic heterocycles. The summed E-state index contributed by atoms with van der Waals surface area (Å²) in [5.74, 6) is 0.198. The van der Waals surface area contributed by atoms with Gasteiger partial charge in [-0.3, -0.25) is 4.79 Å². The molecule has 1 heterocycles. The number of ether oxygens (including phenoxy) is 1. The van der Waals surface area contributed by atoms with Gasteiger partial charge in [-0.1, -0.05) is 6.92 Å². The fourth-order valence-corrected chi connectivity index (χ4v) is 1.84. The zero-order chi connectivity index (χ0) is 11.4. The molecule has 88 valence electrons. The summed E-state index contributed by atoms with van der Waals surface area (Å²) < 4.78 is 5.45. The van der Waals surface area contributed by atoms with Gasteiger partial charge in [0, 0.05) is 24.9 Å². The standard InChI is InChI=1S/C10H18ClNO3/c1-7(3-11)10(14)12-4-8(2)15-9(5-12)6-13/h7-9,13H,3-6H2,1-2H3. The van der Waals surface area contributed by atoms with E-state index in [4.69, 9.17) is 21.4 Å². The third-order valence-electron chi connectivity index (χ3n) is 2.49. The molecule has 0 aliphatic carbocycles. The van der Waals surface area contributed by atoms with Crippen molar-refractivity contribution >= 4 is 17.5 Å². The van der Waals surface area contributed by atoms with E-state index in [1.54, 1.807) is 4.90 Å². The molecule has 3 unspecified atom stereocenters. The van der Waals surface area contributed by atoms with Crippen molar-refractivity contribution in [2.24, 2.45) is 5.92 Å². The fraction of sp³-hybridized carbons (Fsp3) is 0.900. The molecule has 1 aliphatic heterocycles. The number of halogens is 1. The number of aliphatic hydroxyl groups is 1. The van der Waals surface area contributed by atoms with Crippen molar-refractivity contribution in [1.29, 1.82) is 0 Å². The molecular weight excluding hydrogens is 218 g/mol. The van der Waals surface area contributed by atoms with Crippen LogP contribution >= 0.6 is 11.6 Å². The van der Waals surface area contributed by atoms with Gasteiger partial charge >= 0.3 is 0 Å². The second kappa shape index (κ2) is 5.68. The molecule has 3 atom stereocenters. The van der Waals surface area contributed by atoms with Crippen LogP contribution in [0.4, 0.5) is 0 Å². The lowest BCUT2D eigenvalue weighted by molar-refractivity contribution is -0.150. The minimum Gasteiger partial charge on any atom is -0.394 e. The van der Waals surface area contributed by atoms with Gasteiger partial charge in [0.1, 0.15) is 0 Å². The maximum atomic E-state index is 11.8. The Bertz CT molecular complexity index is 225. The molecule has 1 amide bonds. The van der Waals surface area contributed by atoms with Crippen LogP contribution in [-0.2, 0) is 9.53 Å². The van der Waals surface area contributed by atoms with Gasteiger partial charge in [-0.15, -0.1) is 11.6 Å². The van der Waals surface area contributed by atoms with Crippen LogP contribution in [-0.4, -0.2) is 53.7 Å². The molecule has 0 bridgehead atoms. The molecule has 4 nitrogen and oxygen atoms in total. The number of alkyl halides is 1. The molecule has 1 aliphatic rings. The quantitative estimate of drug-likeness (QED) is 0.724. The summed E-state index contributed by atoms with van der Waals surface area (Å²) in [6.45, 7) is 4.69. The normalized spacial score (nSPS) is 28.9. The lowest BCUT2D eigenvalue weighted by Gasteiger charge is -2.37. The Balaban J connectivity index is 2.57. The zero-order valence-electron chi connectivity index (χ0n) is 9.15. The lowest BCUT2D eigenvalue weighted by atomic mass is 10.1. The topological polar surface area (TPSA) is 49.8 Å². The van der Waals surface area contributed by atoms with Gasteiger partial charge in [-0.2, -0.15) is 0 Å². The van der Waals surface area contributed by atoms with Crippen molar-refractivity contribution in [2.45, 2.75) is 26.1 Å². The highest BCUT2D eigenvalue weighted by Gasteiger charge is 2.29. The van der Waals surface area contributed by atoms with Crippen LogP contribution in [0.3, 0.4) is 0 Å². The SMILES string of the molecule is CC1CN(C(=O)C(C)CCl)CC(CO)O1. The smallest absolute Gasteiger partial charge is 0.226 e. The molecular formula is C10H18ClNO3. The molecule has 1 N–H and O–H groups in total. The maximum absolute atomic E-state index is 11.8. The molecule has 1 fully saturated rings. The summed E-state index contributed by atoms with van der Waals surface area (Å²) >= 11 is 5.64. The van der Waals surface area contributed by atoms with Crippen LogP contribution in [0.5, 0.6) is 0 Å². The first kappa shape index (κ1) is 12.7. The number of carbonyl (C=O) groups is 1. The van der Waals surface area contributed by atoms with Crippen LogP contribution in [0.1, 0.15) is 13.8 Å². The van der Waals surface area contributed by atoms with E-state index >= 15 is 0 Å². The summed E-state index contributed by atoms with van der Waals surface area (Å²) in [6, 6.07) is 0. The lowest BCUT2D eigenvalue weighted by Crippen LogP contribution is -2.51. The largest absolute Gasteiger partial charge is 0.394 e. The van der Waals surface area contributed by atoms with Crippen LogP contribution in [0.2, 0.25) is 0 Å². The number of morpholine rings is 1. The molecule has 15 heavy (non-hydrogen) atoms. The number of aliphatic hydroxyl groups excluding tert-OH is 1. The Kier molecular flexibility index (Phi) is 4.83. The van der Waals surface area contributed by atoms with E-state index in [-0.39, 0.29) is 30.6 Å². The van der Waals surface area contributed by atoms with E-state index in [1.807, 2.05) is 13.8 Å². The first-order valence-electron chi connectivity index (χ1n) is 5.19. The second-order valence-corrected chi connectivity index (χ2v) is 4.36. The number of carbonyl (C=O) groups excluding carboxylic acids is 1. The molecule has 0 spiro atoms. The van der Waals surface area contributed by atoms with Gasteiger partial charge < -0.3 is 14.7 Å². The highest BCUT2D eigenvalue weighted by molar-refractivity contribution is 6.19. The molecule has 0 saturated carbocycles. The second-order valence-electron chi connectivity index (χ2n) is 4.05. The average Bonchev–Trinajstić information content (AvgIpc) is 2.26. The van der Waals surface area contributed by atoms with E-state index in [9.17, 15) is 4.79 Å². The summed E-state index contributed by atoms with van der Waals surface area (Å²) in [5, 5.41) is 9.02. The maximum Gasteiger partial charge on any atom is 0.226 e. The summed E-state index contributed by atoms with van der Waals surface area (Å²) in [6.07, 6.45) is -0.289. The van der Waals surface area contributed by atoms with Gasteiger partial charge in [0.05, 0.1) is 18.8 Å². The van der Waals surface area contributed by atoms with Crippen molar-refractivity contribution in [3.05, 3.63) is 0 Å². The van der Waals surface area contributed by atoms with Crippen molar-refractivity contribution in [3.8, 4) is 0 Å². The minimum atomic E-state index is -0.264. The Hall–Kier alpha value is -0.320. The van der Waals surface area contributed by atoms with Gasteiger partial charge in [-0.05, 0) is 6.92 Å². The van der Waals surface area contributed by atoms with Gasteiger partial charge in [0.25, 0.3) is 0 Å². The monoisotopic (exact) mass is 235 g/mol. The number of rotatable bonds is 3. The van der Waals surface area contributed by atoms with Gasteiger partial charge in [-0.25, -0.2) is 0 Å². The Morgan fingerprint density at radius 3 is 2.87 bits per heavy atom. The molecule has 0 aromatic carbocycles. The Labute approximate surface area is 95.2 Å². The van der Waals surface area contributed by atoms with Crippen LogP contribution in [0.15, 0.2) is 0 Å². The Morgan fingerprint density at radius 2 is 2.33 bits per heavy atom. The number of amides is 1. The number of nitrogens with zero attached hydrogens (tertiary/aromatic N) is 1. The number of hydrogen-bond donors (Lipinski definition) is 1. The van der Waals surface area contributed by atoms with Crippen LogP contribution < -0.4 is 0 Å². The molecule has 0 radical (unpaired) electrons. The summed E-state index contributed by atoms with van der Waals surface area (Å²) in [4.78, 5) is 13.6. The predicted octanol–water partition coefficient (Wildman–Crippen LogP) is 0.469. The Morgan fingerprint density at radius 1 is 1.67 bits per heavy atom. The van der Waals surface area contributed by atoms with Gasteiger partial charge in [0.2, 0.25) is 5.91 Å². The summed E-state index contributed by atoms with van der Waals surface area (Å²) in [7, 11) is 0. The van der Waals surface area contributed by atoms with E-state index < -0.39 is 0 Å². The van der Waals surface area contributed by atoms with Crippen LogP contribution in [0, 0.1) is 5.92 Å². The first-order valence-corrected chi connectivity index (χ1v) is 5.73.